The van der Waals surface area contributed by atoms with Crippen LogP contribution >= 0.6 is 11.3 Å². The lowest BCUT2D eigenvalue weighted by atomic mass is 9.84. The fraction of sp³-hybridized carbons (Fsp3) is 0.517. The number of nitrogens with zero attached hydrogens (tertiary/aromatic N) is 3. The van der Waals surface area contributed by atoms with Gasteiger partial charge in [0.15, 0.2) is 16.9 Å². The molecule has 1 aromatic carbocycles. The molecule has 2 fully saturated rings. The Morgan fingerprint density at radius 1 is 1.37 bits per heavy atom. The van der Waals surface area contributed by atoms with Gasteiger partial charge in [-0.1, -0.05) is 5.16 Å². The van der Waals surface area contributed by atoms with E-state index in [0.29, 0.717) is 28.7 Å². The molecule has 2 saturated heterocycles. The number of nitrogen functional groups attached to an aromatic ring is 1. The molecule has 266 valence electrons. The number of rotatable bonds is 13. The second-order valence-corrected chi connectivity index (χ2v) is 14.8. The summed E-state index contributed by atoms with van der Waals surface area (Å²) in [5, 5.41) is 33.4. The molecule has 8 N–H and O–H groups in total. The molecule has 2 aromatic rings. The molecular weight excluding hydrogens is 684 g/mol. The molecule has 49 heavy (non-hydrogen) atoms. The fourth-order valence-corrected chi connectivity index (χ4v) is 6.73. The van der Waals surface area contributed by atoms with Gasteiger partial charge in [-0.15, -0.1) is 15.6 Å². The number of ether oxygens (including phenoxy) is 1. The Kier molecular flexibility index (Phi) is 9.90. The first-order chi connectivity index (χ1) is 22.9. The smallest absolute Gasteiger partial charge is 0.418 e. The van der Waals surface area contributed by atoms with Crippen LogP contribution in [0.1, 0.15) is 57.4 Å². The van der Waals surface area contributed by atoms with Crippen molar-refractivity contribution in [3.05, 3.63) is 40.4 Å². The van der Waals surface area contributed by atoms with Gasteiger partial charge in [-0.05, 0) is 89.7 Å². The maximum Gasteiger partial charge on any atom is 0.418 e. The van der Waals surface area contributed by atoms with Crippen molar-refractivity contribution in [1.29, 1.82) is 5.41 Å². The van der Waals surface area contributed by atoms with Crippen molar-refractivity contribution in [3.63, 3.8) is 0 Å². The minimum atomic E-state index is -5.03. The summed E-state index contributed by atoms with van der Waals surface area (Å²) in [6.07, 6.45) is 0.475. The molecule has 0 radical (unpaired) electrons. The van der Waals surface area contributed by atoms with Crippen molar-refractivity contribution in [2.75, 3.05) is 18.8 Å². The summed E-state index contributed by atoms with van der Waals surface area (Å²) < 4.78 is 41.7. The Morgan fingerprint density at radius 2 is 2.08 bits per heavy atom. The number of benzene rings is 1. The highest BCUT2D eigenvalue weighted by Crippen LogP contribution is 2.35. The van der Waals surface area contributed by atoms with Gasteiger partial charge >= 0.3 is 16.4 Å². The van der Waals surface area contributed by atoms with Crippen molar-refractivity contribution < 1.29 is 46.3 Å². The molecule has 20 heteroatoms. The summed E-state index contributed by atoms with van der Waals surface area (Å²) in [4.78, 5) is 48.3. The summed E-state index contributed by atoms with van der Waals surface area (Å²) >= 11 is 0.966. The van der Waals surface area contributed by atoms with Crippen molar-refractivity contribution in [2.24, 2.45) is 11.1 Å². The zero-order valence-corrected chi connectivity index (χ0v) is 28.7. The molecular formula is C29H38N8O10S2. The van der Waals surface area contributed by atoms with E-state index in [0.717, 1.165) is 36.4 Å². The van der Waals surface area contributed by atoms with E-state index >= 15 is 0 Å². The Labute approximate surface area is 285 Å². The lowest BCUT2D eigenvalue weighted by Gasteiger charge is -2.50. The highest BCUT2D eigenvalue weighted by molar-refractivity contribution is 7.80. The maximum absolute atomic E-state index is 13.5. The van der Waals surface area contributed by atoms with Crippen LogP contribution in [0.2, 0.25) is 0 Å². The second kappa shape index (κ2) is 13.5. The normalized spacial score (nSPS) is 22.3. The van der Waals surface area contributed by atoms with Gasteiger partial charge in [0, 0.05) is 17.0 Å². The number of fused-ring (bicyclic) bond motifs is 1. The number of hydroxylamine groups is 2. The number of aromatic nitrogens is 1. The van der Waals surface area contributed by atoms with Gasteiger partial charge in [0.05, 0.1) is 5.54 Å². The van der Waals surface area contributed by atoms with Crippen LogP contribution in [0.5, 0.6) is 5.75 Å². The van der Waals surface area contributed by atoms with E-state index in [2.05, 4.69) is 30.4 Å². The van der Waals surface area contributed by atoms with E-state index < -0.39 is 57.2 Å². The third-order valence-corrected chi connectivity index (χ3v) is 9.72. The van der Waals surface area contributed by atoms with Gasteiger partial charge < -0.3 is 36.4 Å². The van der Waals surface area contributed by atoms with E-state index in [4.69, 9.17) is 25.3 Å². The van der Waals surface area contributed by atoms with E-state index in [1.807, 2.05) is 13.0 Å². The number of carbonyl (C=O) groups is 3. The predicted molar refractivity (Wildman–Crippen MR) is 175 cm³/mol. The van der Waals surface area contributed by atoms with Crippen LogP contribution < -0.4 is 26.4 Å². The second-order valence-electron chi connectivity index (χ2n) is 12.9. The molecule has 0 bridgehead atoms. The highest BCUT2D eigenvalue weighted by Gasteiger charge is 2.58. The number of β-lactam (4-membered cyclic amide) rings is 1. The summed E-state index contributed by atoms with van der Waals surface area (Å²) in [6, 6.07) is 3.99. The van der Waals surface area contributed by atoms with Gasteiger partial charge in [0.2, 0.25) is 0 Å². The van der Waals surface area contributed by atoms with Gasteiger partial charge in [-0.3, -0.25) is 19.6 Å². The lowest BCUT2D eigenvalue weighted by molar-refractivity contribution is -0.218. The average Bonchev–Trinajstić information content (AvgIpc) is 3.44. The van der Waals surface area contributed by atoms with Gasteiger partial charge in [-0.2, -0.15) is 13.5 Å². The van der Waals surface area contributed by atoms with Crippen LogP contribution in [0.4, 0.5) is 5.13 Å². The SMILES string of the molecule is C[C@H](CC1CNC1)NC(=N)c1ccc2c(c1)CC[C@H]([C@](C)(O/N=C(\C(=O)N[C@@H]1C(=O)N(OS(=O)(=O)O)C1(C)C)c1csc(N)n1)C(=O)O)O2. The van der Waals surface area contributed by atoms with E-state index in [1.54, 1.807) is 12.1 Å². The first-order valence-electron chi connectivity index (χ1n) is 15.3. The molecule has 3 aliphatic heterocycles. The first-order valence-corrected chi connectivity index (χ1v) is 17.5. The number of thiazole rings is 1. The molecule has 0 saturated carbocycles. The van der Waals surface area contributed by atoms with Crippen molar-refractivity contribution >= 4 is 56.2 Å². The zero-order valence-electron chi connectivity index (χ0n) is 27.1. The molecule has 0 unspecified atom stereocenters. The molecule has 1 aromatic heterocycles. The zero-order chi connectivity index (χ0) is 35.9. The topological polar surface area (TPSA) is 268 Å². The fourth-order valence-electron chi connectivity index (χ4n) is 5.73. The van der Waals surface area contributed by atoms with E-state index in [9.17, 15) is 27.9 Å². The van der Waals surface area contributed by atoms with Crippen LogP contribution in [0.3, 0.4) is 0 Å². The molecule has 4 atom stereocenters. The molecule has 5 rings (SSSR count). The number of amidine groups is 1. The number of nitrogens with two attached hydrogens (primary N) is 1. The summed E-state index contributed by atoms with van der Waals surface area (Å²) in [5.74, 6) is -2.17. The number of nitrogens with one attached hydrogen (secondary N) is 4. The number of aliphatic carboxylic acids is 1. The van der Waals surface area contributed by atoms with Gasteiger partial charge in [0.1, 0.15) is 23.3 Å². The number of hydrogen-bond donors (Lipinski definition) is 7. The number of carbonyl (C=O) groups excluding carboxylic acids is 2. The first kappa shape index (κ1) is 35.9. The number of anilines is 1. The van der Waals surface area contributed by atoms with Crippen LogP contribution in [0, 0.1) is 11.3 Å². The van der Waals surface area contributed by atoms with Gasteiger partial charge in [0.25, 0.3) is 17.4 Å². The highest BCUT2D eigenvalue weighted by atomic mass is 32.3. The number of carboxylic acids is 1. The van der Waals surface area contributed by atoms with Crippen molar-refractivity contribution in [1.82, 2.24) is 26.0 Å². The van der Waals surface area contributed by atoms with Crippen molar-refractivity contribution in [3.8, 4) is 5.75 Å². The molecule has 4 heterocycles. The van der Waals surface area contributed by atoms with Crippen LogP contribution in [-0.2, 0) is 40.3 Å². The Bertz CT molecular complexity index is 1790. The predicted octanol–water partition coefficient (Wildman–Crippen LogP) is 0.436. The molecule has 2 amide bonds. The standard InChI is InChI=1S/C29H38N8O10S2/c1-14(9-15-11-32-12-15)33-23(30)17-5-7-19-16(10-17)6-8-20(45-19)29(4,26(40)41)46-36-21(18-13-48-27(31)34-18)24(38)35-22-25(39)37(28(22,2)3)47-49(42,43)44/h5,7,10,13-15,20,22,32H,6,8-9,11-12H2,1-4H3,(H2,30,33)(H2,31,34)(H,35,38)(H,40,41)(H,42,43,44)/b36-21-/t14-,20-,22-,29+/m1/s1. The van der Waals surface area contributed by atoms with E-state index in [-0.39, 0.29) is 29.1 Å². The number of aryl methyl sites for hydroxylation is 1. The Hall–Kier alpha value is -4.37. The molecule has 0 spiro atoms. The average molecular weight is 723 g/mol. The lowest BCUT2D eigenvalue weighted by Crippen LogP contribution is -2.76. The van der Waals surface area contributed by atoms with Crippen LogP contribution in [0.25, 0.3) is 0 Å². The molecule has 0 aliphatic carbocycles. The third-order valence-electron chi connectivity index (χ3n) is 8.70. The quantitative estimate of drug-likeness (QED) is 0.0486. The van der Waals surface area contributed by atoms with Crippen LogP contribution in [-0.4, -0.2) is 99.9 Å². The molecule has 3 aliphatic rings. The molecule has 18 nitrogen and oxygen atoms in total. The maximum atomic E-state index is 13.5. The summed E-state index contributed by atoms with van der Waals surface area (Å²) in [6.45, 7) is 7.98. The number of carboxylic acid groups (broad SMARTS) is 1. The monoisotopic (exact) mass is 722 g/mol. The summed E-state index contributed by atoms with van der Waals surface area (Å²) in [7, 11) is -5.03. The minimum absolute atomic E-state index is 0.0595. The minimum Gasteiger partial charge on any atom is -0.485 e. The van der Waals surface area contributed by atoms with Crippen molar-refractivity contribution in [2.45, 2.75) is 76.3 Å². The van der Waals surface area contributed by atoms with Crippen LogP contribution in [0.15, 0.2) is 28.7 Å². The Morgan fingerprint density at radius 3 is 2.65 bits per heavy atom. The van der Waals surface area contributed by atoms with Gasteiger partial charge in [-0.25, -0.2) is 9.78 Å². The Balaban J connectivity index is 1.31. The summed E-state index contributed by atoms with van der Waals surface area (Å²) in [5.41, 5.74) is 3.05. The number of amides is 2. The number of oxime groups is 1. The third kappa shape index (κ3) is 7.62. The van der Waals surface area contributed by atoms with E-state index in [1.165, 1.54) is 26.2 Å². The number of hydrogen-bond acceptors (Lipinski definition) is 14. The largest absolute Gasteiger partial charge is 0.485 e.